The van der Waals surface area contributed by atoms with Crippen molar-refractivity contribution in [2.45, 2.75) is 112 Å². The molecular weight excluding hydrogens is 364 g/mol. The normalized spacial score (nSPS) is 45.2. The van der Waals surface area contributed by atoms with E-state index in [-0.39, 0.29) is 6.10 Å². The molecule has 0 saturated heterocycles. The first-order valence-electron chi connectivity index (χ1n) is 13.1. The summed E-state index contributed by atoms with van der Waals surface area (Å²) in [5.41, 5.74) is 5.79. The summed E-state index contributed by atoms with van der Waals surface area (Å²) in [5, 5.41) is 10.2. The van der Waals surface area contributed by atoms with Crippen LogP contribution in [-0.4, -0.2) is 11.2 Å². The highest BCUT2D eigenvalue weighted by atomic mass is 16.3. The van der Waals surface area contributed by atoms with Crippen LogP contribution in [0.1, 0.15) is 106 Å². The van der Waals surface area contributed by atoms with Gasteiger partial charge in [0.05, 0.1) is 6.10 Å². The largest absolute Gasteiger partial charge is 0.393 e. The van der Waals surface area contributed by atoms with E-state index in [1.165, 1.54) is 44.9 Å². The van der Waals surface area contributed by atoms with E-state index in [0.717, 1.165) is 42.4 Å². The topological polar surface area (TPSA) is 20.2 Å². The van der Waals surface area contributed by atoms with E-state index in [0.29, 0.717) is 16.7 Å². The number of aliphatic hydroxyl groups excluding tert-OH is 1. The number of aliphatic hydroxyl groups is 1. The zero-order chi connectivity index (χ0) is 21.8. The minimum absolute atomic E-state index is 0.0861. The molecule has 8 atom stereocenters. The van der Waals surface area contributed by atoms with Gasteiger partial charge in [0.25, 0.3) is 0 Å². The lowest BCUT2D eigenvalue weighted by atomic mass is 9.47. The molecule has 1 N–H and O–H groups in total. The molecule has 0 bridgehead atoms. The van der Waals surface area contributed by atoms with E-state index in [9.17, 15) is 5.11 Å². The Morgan fingerprint density at radius 3 is 2.47 bits per heavy atom. The molecule has 30 heavy (non-hydrogen) atoms. The molecule has 0 aliphatic heterocycles. The Balaban J connectivity index is 1.54. The lowest BCUT2D eigenvalue weighted by molar-refractivity contribution is -0.0566. The van der Waals surface area contributed by atoms with Gasteiger partial charge >= 0.3 is 0 Å². The fourth-order valence-electron chi connectivity index (χ4n) is 8.90. The highest BCUT2D eigenvalue weighted by molar-refractivity contribution is 5.25. The van der Waals surface area contributed by atoms with Gasteiger partial charge in [0.15, 0.2) is 0 Å². The van der Waals surface area contributed by atoms with Crippen LogP contribution in [0.15, 0.2) is 22.8 Å². The van der Waals surface area contributed by atoms with Crippen LogP contribution in [0.25, 0.3) is 0 Å². The maximum Gasteiger partial charge on any atom is 0.0577 e. The Kier molecular flexibility index (Phi) is 6.10. The molecule has 4 rings (SSSR count). The molecular formula is C29H48O. The van der Waals surface area contributed by atoms with Crippen LogP contribution >= 0.6 is 0 Å². The minimum atomic E-state index is -0.0861. The van der Waals surface area contributed by atoms with E-state index in [1.54, 1.807) is 16.7 Å². The third-order valence-electron chi connectivity index (χ3n) is 11.0. The molecule has 4 aliphatic rings. The maximum atomic E-state index is 10.2. The van der Waals surface area contributed by atoms with Crippen LogP contribution in [0.2, 0.25) is 0 Å². The smallest absolute Gasteiger partial charge is 0.0577 e. The van der Waals surface area contributed by atoms with Gasteiger partial charge in [-0.1, -0.05) is 57.4 Å². The van der Waals surface area contributed by atoms with Crippen LogP contribution in [0.4, 0.5) is 0 Å². The molecule has 0 radical (unpaired) electrons. The zero-order valence-corrected chi connectivity index (χ0v) is 20.9. The minimum Gasteiger partial charge on any atom is -0.393 e. The van der Waals surface area contributed by atoms with Gasteiger partial charge in [-0.3, -0.25) is 0 Å². The van der Waals surface area contributed by atoms with Gasteiger partial charge in [0.1, 0.15) is 0 Å². The van der Waals surface area contributed by atoms with Crippen molar-refractivity contribution in [3.63, 3.8) is 0 Å². The van der Waals surface area contributed by atoms with Crippen LogP contribution in [0.5, 0.6) is 0 Å². The molecule has 1 nitrogen and oxygen atoms in total. The van der Waals surface area contributed by atoms with Crippen molar-refractivity contribution in [3.05, 3.63) is 22.8 Å². The lowest BCUT2D eigenvalue weighted by Crippen LogP contribution is -2.50. The van der Waals surface area contributed by atoms with Crippen LogP contribution in [0, 0.1) is 46.3 Å². The monoisotopic (exact) mass is 412 g/mol. The maximum absolute atomic E-state index is 10.2. The summed E-state index contributed by atoms with van der Waals surface area (Å²) >= 11 is 0. The van der Waals surface area contributed by atoms with Gasteiger partial charge < -0.3 is 5.11 Å². The average Bonchev–Trinajstić information content (AvgIpc) is 3.05. The van der Waals surface area contributed by atoms with E-state index in [2.05, 4.69) is 54.5 Å². The third-order valence-corrected chi connectivity index (χ3v) is 11.0. The highest BCUT2D eigenvalue weighted by Gasteiger charge is 2.59. The molecule has 0 spiro atoms. The number of fused-ring (bicyclic) bond motifs is 5. The lowest BCUT2D eigenvalue weighted by Gasteiger charge is -2.58. The van der Waals surface area contributed by atoms with Crippen molar-refractivity contribution in [1.29, 1.82) is 0 Å². The molecule has 0 heterocycles. The van der Waals surface area contributed by atoms with Crippen LogP contribution in [0.3, 0.4) is 0 Å². The summed E-state index contributed by atoms with van der Waals surface area (Å²) in [6, 6.07) is 0. The predicted molar refractivity (Wildman–Crippen MR) is 128 cm³/mol. The summed E-state index contributed by atoms with van der Waals surface area (Å²) < 4.78 is 0. The second kappa shape index (κ2) is 8.09. The van der Waals surface area contributed by atoms with Gasteiger partial charge in [-0.15, -0.1) is 0 Å². The van der Waals surface area contributed by atoms with Gasteiger partial charge in [-0.25, -0.2) is 0 Å². The highest BCUT2D eigenvalue weighted by Crippen LogP contribution is 2.67. The summed E-state index contributed by atoms with van der Waals surface area (Å²) in [6.07, 6.45) is 14.0. The average molecular weight is 413 g/mol. The van der Waals surface area contributed by atoms with Gasteiger partial charge in [-0.2, -0.15) is 0 Å². The summed E-state index contributed by atoms with van der Waals surface area (Å²) in [6.45, 7) is 17.2. The van der Waals surface area contributed by atoms with Crippen LogP contribution in [-0.2, 0) is 0 Å². The van der Waals surface area contributed by atoms with Crippen molar-refractivity contribution >= 4 is 0 Å². The summed E-state index contributed by atoms with van der Waals surface area (Å²) in [7, 11) is 0. The molecule has 1 heteroatoms. The molecule has 0 aromatic carbocycles. The summed E-state index contributed by atoms with van der Waals surface area (Å²) in [4.78, 5) is 0. The van der Waals surface area contributed by atoms with Crippen molar-refractivity contribution in [2.75, 3.05) is 0 Å². The van der Waals surface area contributed by atoms with E-state index in [1.807, 2.05) is 0 Å². The van der Waals surface area contributed by atoms with E-state index >= 15 is 0 Å². The number of hydrogen-bond donors (Lipinski definition) is 1. The fraction of sp³-hybridized carbons (Fsp3) is 0.862. The van der Waals surface area contributed by atoms with Gasteiger partial charge in [0.2, 0.25) is 0 Å². The Morgan fingerprint density at radius 2 is 1.77 bits per heavy atom. The Bertz CT molecular complexity index is 714. The number of rotatable bonds is 4. The molecule has 0 aromatic heterocycles. The standard InChI is InChI=1S/C29H48O/c1-18(2)21(5)19(3)16-20(4)25-10-11-26-24-9-8-22-17-23(30)12-14-28(22,6)27(24)13-15-29(25,26)7/h8,18,20,23-27,30H,9-17H2,1-7H3/t20-,23+,24+,25-,26+,27+,28+,29-/m1/s1. The molecule has 0 amide bonds. The second-order valence-corrected chi connectivity index (χ2v) is 12.7. The third kappa shape index (κ3) is 3.56. The molecule has 0 aromatic rings. The van der Waals surface area contributed by atoms with Crippen LogP contribution < -0.4 is 0 Å². The Hall–Kier alpha value is -0.560. The molecule has 4 aliphatic carbocycles. The fourth-order valence-corrected chi connectivity index (χ4v) is 8.90. The van der Waals surface area contributed by atoms with Crippen molar-refractivity contribution in [3.8, 4) is 0 Å². The Morgan fingerprint density at radius 1 is 1.03 bits per heavy atom. The zero-order valence-electron chi connectivity index (χ0n) is 20.9. The molecule has 0 unspecified atom stereocenters. The van der Waals surface area contributed by atoms with Gasteiger partial charge in [0, 0.05) is 0 Å². The summed E-state index contributed by atoms with van der Waals surface area (Å²) in [5.74, 6) is 5.05. The molecule has 3 saturated carbocycles. The van der Waals surface area contributed by atoms with E-state index < -0.39 is 0 Å². The first kappa shape index (κ1) is 22.6. The first-order chi connectivity index (χ1) is 14.1. The molecule has 3 fully saturated rings. The number of allylic oxidation sites excluding steroid dienone is 3. The van der Waals surface area contributed by atoms with Crippen molar-refractivity contribution in [2.24, 2.45) is 46.3 Å². The first-order valence-corrected chi connectivity index (χ1v) is 13.1. The number of hydrogen-bond acceptors (Lipinski definition) is 1. The SMILES string of the molecule is CC(C[C@@H](C)[C@H]1CC[C@H]2[C@@H]3CC=C4C[C@@H](O)CC[C@]4(C)[C@H]3CC[C@]12C)=C(C)C(C)C. The van der Waals surface area contributed by atoms with Crippen molar-refractivity contribution in [1.82, 2.24) is 0 Å². The molecule has 170 valence electrons. The van der Waals surface area contributed by atoms with E-state index in [4.69, 9.17) is 0 Å². The van der Waals surface area contributed by atoms with Crippen molar-refractivity contribution < 1.29 is 5.11 Å². The Labute approximate surface area is 186 Å². The van der Waals surface area contributed by atoms with Gasteiger partial charge in [-0.05, 0) is 118 Å². The predicted octanol–water partition coefficient (Wildman–Crippen LogP) is 7.94. The quantitative estimate of drug-likeness (QED) is 0.464. The second-order valence-electron chi connectivity index (χ2n) is 12.7.